The maximum atomic E-state index is 12.0. The SMILES string of the molecule is Cc1ccc(O[C@H]2CCOC[C@H]2NC(=O)CCNS(C)(=O)=O)cn1. The van der Waals surface area contributed by atoms with Gasteiger partial charge >= 0.3 is 0 Å². The van der Waals surface area contributed by atoms with E-state index in [-0.39, 0.29) is 31.0 Å². The third kappa shape index (κ3) is 6.42. The Hall–Kier alpha value is -1.71. The van der Waals surface area contributed by atoms with Gasteiger partial charge in [-0.2, -0.15) is 0 Å². The van der Waals surface area contributed by atoms with Crippen LogP contribution in [0.1, 0.15) is 18.5 Å². The van der Waals surface area contributed by atoms with Gasteiger partial charge in [0, 0.05) is 25.1 Å². The molecule has 8 nitrogen and oxygen atoms in total. The second kappa shape index (κ2) is 8.41. The summed E-state index contributed by atoms with van der Waals surface area (Å²) in [5.74, 6) is 0.391. The molecule has 1 aromatic heterocycles. The molecule has 0 saturated carbocycles. The van der Waals surface area contributed by atoms with E-state index >= 15 is 0 Å². The van der Waals surface area contributed by atoms with Crippen molar-refractivity contribution in [2.24, 2.45) is 0 Å². The molecule has 0 aliphatic carbocycles. The number of hydrogen-bond donors (Lipinski definition) is 2. The maximum Gasteiger partial charge on any atom is 0.221 e. The zero-order valence-corrected chi connectivity index (χ0v) is 14.6. The summed E-state index contributed by atoms with van der Waals surface area (Å²) in [6.45, 7) is 2.87. The molecule has 0 spiro atoms. The fraction of sp³-hybridized carbons (Fsp3) is 0.600. The number of rotatable bonds is 7. The Morgan fingerprint density at radius 3 is 2.92 bits per heavy atom. The number of nitrogens with zero attached hydrogens (tertiary/aromatic N) is 1. The van der Waals surface area contributed by atoms with Crippen LogP contribution in [-0.2, 0) is 19.6 Å². The van der Waals surface area contributed by atoms with Crippen LogP contribution in [0.15, 0.2) is 18.3 Å². The molecule has 0 radical (unpaired) electrons. The average molecular weight is 357 g/mol. The number of hydrogen-bond acceptors (Lipinski definition) is 6. The molecule has 24 heavy (non-hydrogen) atoms. The quantitative estimate of drug-likeness (QED) is 0.710. The first kappa shape index (κ1) is 18.6. The van der Waals surface area contributed by atoms with Gasteiger partial charge < -0.3 is 14.8 Å². The third-order valence-corrected chi connectivity index (χ3v) is 4.26. The molecule has 1 aliphatic rings. The highest BCUT2D eigenvalue weighted by molar-refractivity contribution is 7.88. The fourth-order valence-corrected chi connectivity index (χ4v) is 2.79. The number of aryl methyl sites for hydroxylation is 1. The van der Waals surface area contributed by atoms with E-state index < -0.39 is 10.0 Å². The van der Waals surface area contributed by atoms with Crippen molar-refractivity contribution in [3.63, 3.8) is 0 Å². The molecule has 2 N–H and O–H groups in total. The third-order valence-electron chi connectivity index (χ3n) is 3.53. The van der Waals surface area contributed by atoms with Crippen LogP contribution in [0.5, 0.6) is 5.75 Å². The minimum atomic E-state index is -3.29. The van der Waals surface area contributed by atoms with Crippen molar-refractivity contribution in [1.82, 2.24) is 15.0 Å². The molecule has 0 bridgehead atoms. The number of ether oxygens (including phenoxy) is 2. The molecular formula is C15H23N3O5S. The number of amides is 1. The molecule has 2 heterocycles. The Morgan fingerprint density at radius 2 is 2.25 bits per heavy atom. The highest BCUT2D eigenvalue weighted by Gasteiger charge is 2.29. The first-order valence-corrected chi connectivity index (χ1v) is 9.64. The highest BCUT2D eigenvalue weighted by Crippen LogP contribution is 2.17. The van der Waals surface area contributed by atoms with Crippen LogP contribution >= 0.6 is 0 Å². The number of sulfonamides is 1. The number of carbonyl (C=O) groups excluding carboxylic acids is 1. The van der Waals surface area contributed by atoms with Crippen LogP contribution in [0, 0.1) is 6.92 Å². The van der Waals surface area contributed by atoms with E-state index in [0.29, 0.717) is 25.4 Å². The van der Waals surface area contributed by atoms with Crippen molar-refractivity contribution in [1.29, 1.82) is 0 Å². The largest absolute Gasteiger partial charge is 0.486 e. The number of aromatic nitrogens is 1. The standard InChI is InChI=1S/C15H23N3O5S/c1-11-3-4-12(9-16-11)23-14-6-8-22-10-13(14)18-15(19)5-7-17-24(2,20)21/h3-4,9,13-14,17H,5-8,10H2,1-2H3,(H,18,19)/t13-,14+/m1/s1. The van der Waals surface area contributed by atoms with Crippen molar-refractivity contribution < 1.29 is 22.7 Å². The lowest BCUT2D eigenvalue weighted by molar-refractivity contribution is -0.124. The van der Waals surface area contributed by atoms with E-state index in [0.717, 1.165) is 11.9 Å². The first-order valence-electron chi connectivity index (χ1n) is 7.74. The Labute approximate surface area is 142 Å². The zero-order chi connectivity index (χ0) is 17.6. The fourth-order valence-electron chi connectivity index (χ4n) is 2.32. The predicted molar refractivity (Wildman–Crippen MR) is 88.2 cm³/mol. The van der Waals surface area contributed by atoms with Crippen molar-refractivity contribution >= 4 is 15.9 Å². The molecule has 9 heteroatoms. The summed E-state index contributed by atoms with van der Waals surface area (Å²) in [6, 6.07) is 3.41. The van der Waals surface area contributed by atoms with E-state index in [1.165, 1.54) is 0 Å². The molecule has 2 rings (SSSR count). The smallest absolute Gasteiger partial charge is 0.221 e. The Bertz CT molecular complexity index is 648. The maximum absolute atomic E-state index is 12.0. The van der Waals surface area contributed by atoms with Crippen molar-refractivity contribution in [2.75, 3.05) is 26.0 Å². The molecule has 1 saturated heterocycles. The molecule has 1 aliphatic heterocycles. The van der Waals surface area contributed by atoms with Gasteiger partial charge in [0.2, 0.25) is 15.9 Å². The lowest BCUT2D eigenvalue weighted by Gasteiger charge is -2.32. The summed E-state index contributed by atoms with van der Waals surface area (Å²) in [5, 5.41) is 2.84. The lowest BCUT2D eigenvalue weighted by Crippen LogP contribution is -2.52. The normalized spacial score (nSPS) is 21.2. The van der Waals surface area contributed by atoms with Crippen molar-refractivity contribution in [3.05, 3.63) is 24.0 Å². The van der Waals surface area contributed by atoms with Crippen LogP contribution in [0.2, 0.25) is 0 Å². The summed E-state index contributed by atoms with van der Waals surface area (Å²) >= 11 is 0. The summed E-state index contributed by atoms with van der Waals surface area (Å²) in [4.78, 5) is 16.2. The minimum Gasteiger partial charge on any atom is -0.486 e. The summed E-state index contributed by atoms with van der Waals surface area (Å²) < 4.78 is 35.6. The van der Waals surface area contributed by atoms with Gasteiger partial charge in [-0.25, -0.2) is 13.1 Å². The highest BCUT2D eigenvalue weighted by atomic mass is 32.2. The molecule has 0 unspecified atom stereocenters. The minimum absolute atomic E-state index is 0.0579. The van der Waals surface area contributed by atoms with Gasteiger partial charge in [0.15, 0.2) is 0 Å². The predicted octanol–water partition coefficient (Wildman–Crippen LogP) is -0.0182. The van der Waals surface area contributed by atoms with Gasteiger partial charge in [-0.3, -0.25) is 9.78 Å². The Morgan fingerprint density at radius 1 is 1.46 bits per heavy atom. The summed E-state index contributed by atoms with van der Waals surface area (Å²) in [5.41, 5.74) is 0.901. The molecule has 1 amide bonds. The zero-order valence-electron chi connectivity index (χ0n) is 13.8. The Kier molecular flexibility index (Phi) is 6.52. The van der Waals surface area contributed by atoms with E-state index in [1.54, 1.807) is 6.20 Å². The molecule has 134 valence electrons. The van der Waals surface area contributed by atoms with Gasteiger partial charge in [0.05, 0.1) is 31.7 Å². The molecular weight excluding hydrogens is 334 g/mol. The van der Waals surface area contributed by atoms with Crippen LogP contribution in [0.25, 0.3) is 0 Å². The lowest BCUT2D eigenvalue weighted by atomic mass is 10.1. The molecule has 1 aromatic rings. The molecule has 2 atom stereocenters. The second-order valence-corrected chi connectivity index (χ2v) is 7.58. The summed E-state index contributed by atoms with van der Waals surface area (Å²) in [7, 11) is -3.29. The Balaban J connectivity index is 1.86. The van der Waals surface area contributed by atoms with Gasteiger partial charge in [-0.15, -0.1) is 0 Å². The number of nitrogens with one attached hydrogen (secondary N) is 2. The average Bonchev–Trinajstić information content (AvgIpc) is 2.50. The topological polar surface area (TPSA) is 107 Å². The molecule has 0 aromatic carbocycles. The number of carbonyl (C=O) groups is 1. The van der Waals surface area contributed by atoms with Gasteiger partial charge in [0.1, 0.15) is 11.9 Å². The second-order valence-electron chi connectivity index (χ2n) is 5.75. The van der Waals surface area contributed by atoms with Crippen LogP contribution < -0.4 is 14.8 Å². The van der Waals surface area contributed by atoms with Gasteiger partial charge in [0.25, 0.3) is 0 Å². The van der Waals surface area contributed by atoms with Crippen molar-refractivity contribution in [2.45, 2.75) is 31.9 Å². The molecule has 1 fully saturated rings. The summed E-state index contributed by atoms with van der Waals surface area (Å²) in [6.07, 6.45) is 3.21. The van der Waals surface area contributed by atoms with Crippen molar-refractivity contribution in [3.8, 4) is 5.75 Å². The van der Waals surface area contributed by atoms with Gasteiger partial charge in [-0.05, 0) is 19.1 Å². The van der Waals surface area contributed by atoms with Crippen LogP contribution in [0.4, 0.5) is 0 Å². The monoisotopic (exact) mass is 357 g/mol. The van der Waals surface area contributed by atoms with Gasteiger partial charge in [-0.1, -0.05) is 0 Å². The van der Waals surface area contributed by atoms with E-state index in [2.05, 4.69) is 15.0 Å². The van der Waals surface area contributed by atoms with E-state index in [4.69, 9.17) is 9.47 Å². The van der Waals surface area contributed by atoms with Crippen LogP contribution in [-0.4, -0.2) is 57.5 Å². The van der Waals surface area contributed by atoms with E-state index in [1.807, 2.05) is 19.1 Å². The van der Waals surface area contributed by atoms with E-state index in [9.17, 15) is 13.2 Å². The first-order chi connectivity index (χ1) is 11.3. The number of pyridine rings is 1. The van der Waals surface area contributed by atoms with Crippen LogP contribution in [0.3, 0.4) is 0 Å².